The van der Waals surface area contributed by atoms with Crippen molar-refractivity contribution < 1.29 is 34.1 Å². The van der Waals surface area contributed by atoms with E-state index in [-0.39, 0.29) is 12.0 Å². The maximum Gasteiger partial charge on any atom is 0.294 e. The van der Waals surface area contributed by atoms with Gasteiger partial charge in [-0.2, -0.15) is 0 Å². The van der Waals surface area contributed by atoms with E-state index in [1.807, 2.05) is 32.0 Å². The van der Waals surface area contributed by atoms with E-state index in [4.69, 9.17) is 14.9 Å². The summed E-state index contributed by atoms with van der Waals surface area (Å²) >= 11 is 1.71. The fraction of sp³-hybridized carbons (Fsp3) is 0.613. The molecular formula is C31H47N7O10S. The van der Waals surface area contributed by atoms with E-state index in [2.05, 4.69) is 29.3 Å². The zero-order valence-corrected chi connectivity index (χ0v) is 29.3. The number of hydrogen-bond acceptors (Lipinski definition) is 15. The lowest BCUT2D eigenvalue weighted by Gasteiger charge is -2.38. The number of carbonyl (C=O) groups is 1. The zero-order valence-electron chi connectivity index (χ0n) is 28.4. The van der Waals surface area contributed by atoms with Crippen LogP contribution in [0.15, 0.2) is 27.9 Å². The van der Waals surface area contributed by atoms with E-state index in [9.17, 15) is 29.8 Å². The van der Waals surface area contributed by atoms with Crippen LogP contribution >= 0.6 is 11.9 Å². The van der Waals surface area contributed by atoms with Crippen LogP contribution in [0.3, 0.4) is 0 Å². The summed E-state index contributed by atoms with van der Waals surface area (Å²) in [7, 11) is 3.42. The molecule has 0 radical (unpaired) electrons. The predicted octanol–water partition coefficient (Wildman–Crippen LogP) is 4.94. The van der Waals surface area contributed by atoms with Crippen LogP contribution in [0.2, 0.25) is 0 Å². The standard InChI is InChI=1S/C24H35N5O3S.C7H12N2O7/c1-5-8-19(25)21-22(26-3)24(30)28-23(27-21)18-13-17(10-11-20(18)32-6-2)33-29-14-16(15-29)9-7-12-31-4;10-5-3-1-2-4-7(16-9(13)14)6-15-8(11)12/h10-11,13,16,25-26H,5-9,12,14-15H2,1-4H3,(H,27,28,30);5,7H,1-4,6H2. The van der Waals surface area contributed by atoms with E-state index in [0.717, 1.165) is 49.3 Å². The number of carbonyl (C=O) groups excluding carboxylic acids is 1. The van der Waals surface area contributed by atoms with Gasteiger partial charge < -0.3 is 39.7 Å². The number of aromatic amines is 1. The van der Waals surface area contributed by atoms with Crippen LogP contribution in [0, 0.1) is 31.6 Å². The number of ether oxygens (including phenoxy) is 2. The topological polar surface area (TPSA) is 225 Å². The number of unbranched alkanes of at least 4 members (excludes halogenated alkanes) is 2. The predicted molar refractivity (Wildman–Crippen MR) is 184 cm³/mol. The molecule has 272 valence electrons. The summed E-state index contributed by atoms with van der Waals surface area (Å²) in [6.45, 7) is 6.89. The Kier molecular flexibility index (Phi) is 18.7. The van der Waals surface area contributed by atoms with Gasteiger partial charge in [0.15, 0.2) is 0 Å². The molecule has 1 atom stereocenters. The van der Waals surface area contributed by atoms with E-state index < -0.39 is 22.9 Å². The number of benzene rings is 1. The summed E-state index contributed by atoms with van der Waals surface area (Å²) in [6, 6.07) is 5.98. The average molecular weight is 710 g/mol. The van der Waals surface area contributed by atoms with Crippen LogP contribution in [0.25, 0.3) is 11.4 Å². The second-order valence-electron chi connectivity index (χ2n) is 11.1. The minimum absolute atomic E-state index is 0.225. The fourth-order valence-electron chi connectivity index (χ4n) is 4.93. The van der Waals surface area contributed by atoms with Gasteiger partial charge in [-0.1, -0.05) is 19.8 Å². The van der Waals surface area contributed by atoms with Crippen molar-refractivity contribution in [2.45, 2.75) is 76.2 Å². The Bertz CT molecular complexity index is 1420. The van der Waals surface area contributed by atoms with Crippen molar-refractivity contribution in [3.05, 3.63) is 54.5 Å². The van der Waals surface area contributed by atoms with Crippen molar-refractivity contribution in [2.75, 3.05) is 52.4 Å². The molecule has 49 heavy (non-hydrogen) atoms. The van der Waals surface area contributed by atoms with Crippen LogP contribution < -0.4 is 15.6 Å². The molecule has 2 heterocycles. The molecule has 1 fully saturated rings. The summed E-state index contributed by atoms with van der Waals surface area (Å²) < 4.78 is 13.3. The van der Waals surface area contributed by atoms with Gasteiger partial charge >= 0.3 is 0 Å². The van der Waals surface area contributed by atoms with Crippen molar-refractivity contribution in [1.29, 1.82) is 5.41 Å². The Morgan fingerprint density at radius 2 is 1.98 bits per heavy atom. The van der Waals surface area contributed by atoms with Crippen molar-refractivity contribution in [2.24, 2.45) is 5.92 Å². The van der Waals surface area contributed by atoms with E-state index in [1.54, 1.807) is 26.1 Å². The molecule has 1 unspecified atom stereocenters. The quantitative estimate of drug-likeness (QED) is 0.0347. The first-order valence-electron chi connectivity index (χ1n) is 16.2. The third-order valence-electron chi connectivity index (χ3n) is 7.28. The van der Waals surface area contributed by atoms with Crippen molar-refractivity contribution in [1.82, 2.24) is 14.3 Å². The van der Waals surface area contributed by atoms with Gasteiger partial charge in [0.2, 0.25) is 0 Å². The zero-order chi connectivity index (χ0) is 36.2. The highest BCUT2D eigenvalue weighted by atomic mass is 32.2. The Labute approximate surface area is 289 Å². The molecule has 0 amide bonds. The number of methoxy groups -OCH3 is 1. The minimum atomic E-state index is -1.04. The minimum Gasteiger partial charge on any atom is -0.493 e. The fourth-order valence-corrected chi connectivity index (χ4v) is 6.10. The van der Waals surface area contributed by atoms with Gasteiger partial charge in [-0.05, 0) is 75.1 Å². The molecule has 1 saturated heterocycles. The second-order valence-corrected chi connectivity index (χ2v) is 12.2. The van der Waals surface area contributed by atoms with E-state index >= 15 is 0 Å². The van der Waals surface area contributed by atoms with Crippen LogP contribution in [-0.2, 0) is 19.2 Å². The first-order valence-corrected chi connectivity index (χ1v) is 16.9. The number of aromatic nitrogens is 2. The van der Waals surface area contributed by atoms with Crippen molar-refractivity contribution in [3.8, 4) is 17.1 Å². The first kappa shape index (κ1) is 40.9. The SMILES string of the molecule is CCCC(=N)c1nc(-c2cc(SN3CC(CCCOC)C3)ccc2OCC)[nH]c(=O)c1NC.O=CCCCCC(CO[N+](=O)[O-])O[N+](=O)[O-]. The highest BCUT2D eigenvalue weighted by Crippen LogP contribution is 2.37. The van der Waals surface area contributed by atoms with E-state index in [1.165, 1.54) is 6.42 Å². The third-order valence-corrected chi connectivity index (χ3v) is 8.30. The van der Waals surface area contributed by atoms with Gasteiger partial charge in [-0.3, -0.25) is 4.79 Å². The summed E-state index contributed by atoms with van der Waals surface area (Å²) in [5.74, 6) is 1.80. The largest absolute Gasteiger partial charge is 0.493 e. The molecule has 3 rings (SSSR count). The highest BCUT2D eigenvalue weighted by molar-refractivity contribution is 7.97. The van der Waals surface area contributed by atoms with Crippen LogP contribution in [0.5, 0.6) is 5.75 Å². The normalized spacial score (nSPS) is 13.3. The highest BCUT2D eigenvalue weighted by Gasteiger charge is 2.27. The first-order chi connectivity index (χ1) is 23.6. The molecule has 1 aliphatic rings. The molecule has 0 saturated carbocycles. The molecular weight excluding hydrogens is 662 g/mol. The molecule has 17 nitrogen and oxygen atoms in total. The summed E-state index contributed by atoms with van der Waals surface area (Å²) in [4.78, 5) is 59.5. The number of anilines is 1. The molecule has 0 aliphatic carbocycles. The van der Waals surface area contributed by atoms with Gasteiger partial charge in [-0.15, -0.1) is 20.2 Å². The number of aldehydes is 1. The Balaban J connectivity index is 0.000000440. The summed E-state index contributed by atoms with van der Waals surface area (Å²) in [5, 5.41) is 29.2. The van der Waals surface area contributed by atoms with Crippen LogP contribution in [-0.4, -0.2) is 89.6 Å². The van der Waals surface area contributed by atoms with Gasteiger partial charge in [0.1, 0.15) is 42.0 Å². The number of hydrogen-bond donors (Lipinski definition) is 3. The van der Waals surface area contributed by atoms with Crippen molar-refractivity contribution >= 4 is 29.6 Å². The number of nitrogens with one attached hydrogen (secondary N) is 3. The smallest absolute Gasteiger partial charge is 0.294 e. The number of nitrogens with zero attached hydrogens (tertiary/aromatic N) is 4. The molecule has 0 bridgehead atoms. The lowest BCUT2D eigenvalue weighted by atomic mass is 9.98. The van der Waals surface area contributed by atoms with Gasteiger partial charge in [-0.25, -0.2) is 9.29 Å². The monoisotopic (exact) mass is 709 g/mol. The average Bonchev–Trinajstić information content (AvgIpc) is 3.04. The van der Waals surface area contributed by atoms with Crippen LogP contribution in [0.1, 0.15) is 70.9 Å². The third kappa shape index (κ3) is 14.4. The van der Waals surface area contributed by atoms with E-state index in [0.29, 0.717) is 66.9 Å². The van der Waals surface area contributed by atoms with Crippen LogP contribution in [0.4, 0.5) is 5.69 Å². The second kappa shape index (κ2) is 22.4. The molecule has 3 N–H and O–H groups in total. The van der Waals surface area contributed by atoms with Crippen molar-refractivity contribution in [3.63, 3.8) is 0 Å². The van der Waals surface area contributed by atoms with Gasteiger partial charge in [0.05, 0.1) is 17.9 Å². The lowest BCUT2D eigenvalue weighted by molar-refractivity contribution is -0.790. The van der Waals surface area contributed by atoms with Gasteiger partial charge in [0, 0.05) is 45.2 Å². The summed E-state index contributed by atoms with van der Waals surface area (Å²) in [5.41, 5.74) is 1.49. The Morgan fingerprint density at radius 1 is 1.22 bits per heavy atom. The molecule has 0 spiro atoms. The number of rotatable bonds is 23. The number of H-pyrrole nitrogens is 1. The lowest BCUT2D eigenvalue weighted by Crippen LogP contribution is -2.41. The maximum absolute atomic E-state index is 12.8. The summed E-state index contributed by atoms with van der Waals surface area (Å²) in [6.07, 6.45) is 5.04. The molecule has 1 aromatic heterocycles. The molecule has 2 aromatic rings. The Morgan fingerprint density at radius 3 is 2.59 bits per heavy atom. The molecule has 1 aliphatic heterocycles. The molecule has 18 heteroatoms. The molecule has 1 aromatic carbocycles. The van der Waals surface area contributed by atoms with Gasteiger partial charge in [0.25, 0.3) is 15.7 Å². The maximum atomic E-state index is 12.8. The Hall–Kier alpha value is -4.29.